The maximum Gasteiger partial charge on any atom is 0.123 e. The number of aliphatic hydroxyl groups is 1. The second-order valence-electron chi connectivity index (χ2n) is 8.76. The third kappa shape index (κ3) is 2.80. The molecule has 0 aromatic heterocycles. The third-order valence-corrected chi connectivity index (χ3v) is 7.25. The highest BCUT2D eigenvalue weighted by Crippen LogP contribution is 2.44. The number of rotatable bonds is 3. The van der Waals surface area contributed by atoms with Crippen molar-refractivity contribution in [2.24, 2.45) is 11.8 Å². The zero-order chi connectivity index (χ0) is 18.5. The molecule has 3 heterocycles. The molecule has 0 spiro atoms. The highest BCUT2D eigenvalue weighted by molar-refractivity contribution is 5.44. The Morgan fingerprint density at radius 2 is 1.31 bits per heavy atom. The van der Waals surface area contributed by atoms with E-state index < -0.39 is 5.60 Å². The summed E-state index contributed by atoms with van der Waals surface area (Å²) in [5.74, 6) is 0.921. The summed E-state index contributed by atoms with van der Waals surface area (Å²) >= 11 is 0. The van der Waals surface area contributed by atoms with Crippen LogP contribution in [-0.2, 0) is 5.60 Å². The molecule has 3 saturated heterocycles. The van der Waals surface area contributed by atoms with Crippen LogP contribution in [-0.4, -0.2) is 24.7 Å². The van der Waals surface area contributed by atoms with Crippen LogP contribution < -0.4 is 4.90 Å². The fourth-order valence-corrected chi connectivity index (χ4v) is 5.17. The second kappa shape index (κ2) is 6.51. The first-order valence-electron chi connectivity index (χ1n) is 10.1. The van der Waals surface area contributed by atoms with Gasteiger partial charge in [0.25, 0.3) is 0 Å². The Bertz CT molecular complexity index is 765. The van der Waals surface area contributed by atoms with Crippen LogP contribution in [0.15, 0.2) is 36.4 Å². The maximum atomic E-state index is 12.3. The van der Waals surface area contributed by atoms with E-state index in [0.29, 0.717) is 11.8 Å². The summed E-state index contributed by atoms with van der Waals surface area (Å²) in [6.45, 7) is 12.2. The summed E-state index contributed by atoms with van der Waals surface area (Å²) in [6.07, 6.45) is 2.50. The molecule has 2 aromatic rings. The normalized spacial score (nSPS) is 25.5. The molecule has 2 nitrogen and oxygen atoms in total. The monoisotopic (exact) mass is 350 g/mol. The van der Waals surface area contributed by atoms with Gasteiger partial charge in [-0.05, 0) is 67.0 Å². The Morgan fingerprint density at radius 1 is 0.808 bits per heavy atom. The van der Waals surface area contributed by atoms with Gasteiger partial charge in [0.15, 0.2) is 0 Å². The Balaban J connectivity index is 1.88. The van der Waals surface area contributed by atoms with E-state index >= 15 is 0 Å². The highest BCUT2D eigenvalue weighted by atomic mass is 16.3. The molecule has 3 fully saturated rings. The molecule has 0 radical (unpaired) electrons. The Hall–Kier alpha value is -1.64. The maximum absolute atomic E-state index is 12.3. The first-order valence-corrected chi connectivity index (χ1v) is 10.1. The molecule has 1 atom stereocenters. The molecule has 0 aliphatic carbocycles. The van der Waals surface area contributed by atoms with Gasteiger partial charge in [0.05, 0.1) is 19.6 Å². The highest BCUT2D eigenvalue weighted by Gasteiger charge is 2.50. The fraction of sp³-hybridized carbons (Fsp3) is 0.500. The van der Waals surface area contributed by atoms with Crippen molar-refractivity contribution in [2.45, 2.75) is 46.1 Å². The number of piperidine rings is 3. The van der Waals surface area contributed by atoms with Crippen molar-refractivity contribution in [3.05, 3.63) is 69.8 Å². The van der Waals surface area contributed by atoms with E-state index in [4.69, 9.17) is 0 Å². The molecular weight excluding hydrogens is 318 g/mol. The van der Waals surface area contributed by atoms with Crippen molar-refractivity contribution in [1.29, 1.82) is 0 Å². The van der Waals surface area contributed by atoms with E-state index in [0.717, 1.165) is 17.7 Å². The lowest BCUT2D eigenvalue weighted by Crippen LogP contribution is -3.16. The van der Waals surface area contributed by atoms with Gasteiger partial charge < -0.3 is 10.0 Å². The topological polar surface area (TPSA) is 24.7 Å². The molecule has 2 N–H and O–H groups in total. The van der Waals surface area contributed by atoms with Gasteiger partial charge in [-0.15, -0.1) is 0 Å². The molecule has 0 saturated carbocycles. The average Bonchev–Trinajstić information content (AvgIpc) is 2.66. The minimum atomic E-state index is -0.895. The number of aryl methyl sites for hydroxylation is 4. The van der Waals surface area contributed by atoms with E-state index in [9.17, 15) is 5.11 Å². The van der Waals surface area contributed by atoms with Gasteiger partial charge in [-0.25, -0.2) is 0 Å². The summed E-state index contributed by atoms with van der Waals surface area (Å²) in [5, 5.41) is 12.3. The van der Waals surface area contributed by atoms with Gasteiger partial charge in [-0.2, -0.15) is 0 Å². The fourth-order valence-electron chi connectivity index (χ4n) is 5.17. The molecule has 0 unspecified atom stereocenters. The lowest BCUT2D eigenvalue weighted by atomic mass is 9.65. The molecule has 138 valence electrons. The predicted octanol–water partition coefficient (Wildman–Crippen LogP) is 3.08. The van der Waals surface area contributed by atoms with Crippen molar-refractivity contribution in [3.8, 4) is 0 Å². The molecule has 3 aliphatic rings. The molecule has 5 rings (SSSR count). The number of benzene rings is 2. The zero-order valence-electron chi connectivity index (χ0n) is 16.6. The van der Waals surface area contributed by atoms with Crippen molar-refractivity contribution in [1.82, 2.24) is 0 Å². The van der Waals surface area contributed by atoms with Crippen LogP contribution in [0, 0.1) is 39.5 Å². The lowest BCUT2D eigenvalue weighted by Gasteiger charge is -2.49. The molecule has 2 heteroatoms. The van der Waals surface area contributed by atoms with E-state index in [1.54, 1.807) is 4.90 Å². The van der Waals surface area contributed by atoms with E-state index in [1.807, 2.05) is 0 Å². The average molecular weight is 351 g/mol. The van der Waals surface area contributed by atoms with Crippen molar-refractivity contribution >= 4 is 0 Å². The lowest BCUT2D eigenvalue weighted by molar-refractivity contribution is -0.922. The standard InChI is InChI=1S/C24H31NO/c1-16-5-7-21(13-18(16)3)24(26,22-8-6-17(2)19(4)14-22)23-15-25-11-9-20(23)10-12-25/h5-8,13-14,20,23,26H,9-12,15H2,1-4H3/p+1/t23-/m0/s1. The first kappa shape index (κ1) is 17.8. The van der Waals surface area contributed by atoms with Gasteiger partial charge in [0.2, 0.25) is 0 Å². The third-order valence-electron chi connectivity index (χ3n) is 7.25. The number of nitrogens with one attached hydrogen (secondary N) is 1. The number of hydrogen-bond acceptors (Lipinski definition) is 1. The predicted molar refractivity (Wildman–Crippen MR) is 107 cm³/mol. The SMILES string of the molecule is Cc1ccc(C(O)(c2ccc(C)c(C)c2)[C@H]2C[NH+]3CCC2CC3)cc1C. The van der Waals surface area contributed by atoms with E-state index in [2.05, 4.69) is 64.1 Å². The molecule has 2 bridgehead atoms. The number of quaternary nitrogens is 1. The van der Waals surface area contributed by atoms with Gasteiger partial charge >= 0.3 is 0 Å². The molecule has 2 aromatic carbocycles. The Kier molecular flexibility index (Phi) is 4.45. The van der Waals surface area contributed by atoms with Gasteiger partial charge in [-0.1, -0.05) is 36.4 Å². The number of hydrogen-bond donors (Lipinski definition) is 2. The van der Waals surface area contributed by atoms with Crippen LogP contribution >= 0.6 is 0 Å². The smallest absolute Gasteiger partial charge is 0.123 e. The zero-order valence-corrected chi connectivity index (χ0v) is 16.6. The molecular formula is C24H32NO+. The van der Waals surface area contributed by atoms with E-state index in [1.165, 1.54) is 48.2 Å². The van der Waals surface area contributed by atoms with Crippen molar-refractivity contribution < 1.29 is 10.0 Å². The van der Waals surface area contributed by atoms with Crippen LogP contribution in [0.2, 0.25) is 0 Å². The summed E-state index contributed by atoms with van der Waals surface area (Å²) in [6, 6.07) is 13.1. The quantitative estimate of drug-likeness (QED) is 0.874. The summed E-state index contributed by atoms with van der Waals surface area (Å²) in [7, 11) is 0. The van der Waals surface area contributed by atoms with Crippen LogP contribution in [0.5, 0.6) is 0 Å². The summed E-state index contributed by atoms with van der Waals surface area (Å²) in [4.78, 5) is 1.67. The summed E-state index contributed by atoms with van der Waals surface area (Å²) < 4.78 is 0. The van der Waals surface area contributed by atoms with Crippen LogP contribution in [0.3, 0.4) is 0 Å². The first-order chi connectivity index (χ1) is 12.4. The van der Waals surface area contributed by atoms with Crippen molar-refractivity contribution in [2.75, 3.05) is 19.6 Å². The second-order valence-corrected chi connectivity index (χ2v) is 8.76. The van der Waals surface area contributed by atoms with Crippen molar-refractivity contribution in [3.63, 3.8) is 0 Å². The van der Waals surface area contributed by atoms with Gasteiger partial charge in [0, 0.05) is 18.8 Å². The van der Waals surface area contributed by atoms with E-state index in [-0.39, 0.29) is 0 Å². The van der Waals surface area contributed by atoms with Crippen LogP contribution in [0.25, 0.3) is 0 Å². The molecule has 0 amide bonds. The van der Waals surface area contributed by atoms with Gasteiger partial charge in [-0.3, -0.25) is 0 Å². The molecule has 26 heavy (non-hydrogen) atoms. The minimum Gasteiger partial charge on any atom is -0.380 e. The number of fused-ring (bicyclic) bond motifs is 3. The van der Waals surface area contributed by atoms with Gasteiger partial charge in [0.1, 0.15) is 5.60 Å². The van der Waals surface area contributed by atoms with Crippen LogP contribution in [0.4, 0.5) is 0 Å². The summed E-state index contributed by atoms with van der Waals surface area (Å²) in [5.41, 5.74) is 6.35. The Morgan fingerprint density at radius 3 is 1.69 bits per heavy atom. The van der Waals surface area contributed by atoms with Crippen LogP contribution in [0.1, 0.15) is 46.2 Å². The Labute approximate surface area is 157 Å². The molecule has 3 aliphatic heterocycles. The largest absolute Gasteiger partial charge is 0.380 e. The minimum absolute atomic E-state index is 0.296.